The lowest BCUT2D eigenvalue weighted by molar-refractivity contribution is -0.150. The van der Waals surface area contributed by atoms with Crippen LogP contribution in [0.5, 0.6) is 0 Å². The molecule has 4 heteroatoms. The lowest BCUT2D eigenvalue weighted by Crippen LogP contribution is -2.31. The van der Waals surface area contributed by atoms with Crippen LogP contribution in [0.25, 0.3) is 0 Å². The molecule has 1 rings (SSSR count). The molecule has 0 aromatic rings. The zero-order valence-corrected chi connectivity index (χ0v) is 9.12. The van der Waals surface area contributed by atoms with Crippen molar-refractivity contribution in [2.24, 2.45) is 5.41 Å². The highest BCUT2D eigenvalue weighted by atomic mass is 16.5. The van der Waals surface area contributed by atoms with Crippen LogP contribution in [0.4, 0.5) is 0 Å². The third-order valence-corrected chi connectivity index (χ3v) is 2.43. The molecule has 0 aliphatic heterocycles. The van der Waals surface area contributed by atoms with Crippen molar-refractivity contribution >= 4 is 11.9 Å². The summed E-state index contributed by atoms with van der Waals surface area (Å²) in [6, 6.07) is 0. The van der Waals surface area contributed by atoms with Gasteiger partial charge >= 0.3 is 11.9 Å². The van der Waals surface area contributed by atoms with E-state index in [9.17, 15) is 9.59 Å². The molecule has 0 bridgehead atoms. The monoisotopic (exact) mass is 212 g/mol. The Kier molecular flexibility index (Phi) is 3.88. The highest BCUT2D eigenvalue weighted by Crippen LogP contribution is 2.34. The van der Waals surface area contributed by atoms with Gasteiger partial charge in [0.15, 0.2) is 0 Å². The Morgan fingerprint density at radius 3 is 1.80 bits per heavy atom. The van der Waals surface area contributed by atoms with Crippen LogP contribution in [0.2, 0.25) is 0 Å². The summed E-state index contributed by atoms with van der Waals surface area (Å²) in [7, 11) is 0. The summed E-state index contributed by atoms with van der Waals surface area (Å²) in [5, 5.41) is 0. The van der Waals surface area contributed by atoms with E-state index >= 15 is 0 Å². The van der Waals surface area contributed by atoms with Crippen molar-refractivity contribution < 1.29 is 19.1 Å². The number of carbonyl (C=O) groups excluding carboxylic acids is 2. The molecule has 84 valence electrons. The Balaban J connectivity index is 2.47. The minimum Gasteiger partial charge on any atom is -0.465 e. The third-order valence-electron chi connectivity index (χ3n) is 2.43. The average molecular weight is 212 g/mol. The van der Waals surface area contributed by atoms with E-state index in [4.69, 9.17) is 9.47 Å². The molecule has 1 aliphatic carbocycles. The van der Waals surface area contributed by atoms with E-state index in [1.807, 2.05) is 12.2 Å². The molecule has 0 saturated heterocycles. The summed E-state index contributed by atoms with van der Waals surface area (Å²) in [6.45, 7) is 3.37. The molecule has 0 fully saturated rings. The number of esters is 2. The minimum atomic E-state index is -0.302. The first kappa shape index (κ1) is 11.8. The summed E-state index contributed by atoms with van der Waals surface area (Å²) in [5.74, 6) is -0.604. The summed E-state index contributed by atoms with van der Waals surface area (Å²) < 4.78 is 9.98. The van der Waals surface area contributed by atoms with Gasteiger partial charge in [-0.2, -0.15) is 0 Å². The molecule has 0 heterocycles. The highest BCUT2D eigenvalue weighted by Gasteiger charge is 2.33. The highest BCUT2D eigenvalue weighted by molar-refractivity contribution is 5.66. The van der Waals surface area contributed by atoms with Crippen LogP contribution < -0.4 is 0 Å². The van der Waals surface area contributed by atoms with E-state index in [0.29, 0.717) is 13.2 Å². The molecule has 0 unspecified atom stereocenters. The van der Waals surface area contributed by atoms with Crippen molar-refractivity contribution in [2.75, 3.05) is 13.2 Å². The predicted molar refractivity (Wildman–Crippen MR) is 54.1 cm³/mol. The summed E-state index contributed by atoms with van der Waals surface area (Å²) in [5.41, 5.74) is -0.239. The van der Waals surface area contributed by atoms with Gasteiger partial charge in [0, 0.05) is 19.3 Å². The van der Waals surface area contributed by atoms with Crippen molar-refractivity contribution in [3.8, 4) is 0 Å². The van der Waals surface area contributed by atoms with Crippen LogP contribution in [-0.4, -0.2) is 25.2 Å². The van der Waals surface area contributed by atoms with Crippen LogP contribution in [-0.2, 0) is 19.1 Å². The first-order chi connectivity index (χ1) is 7.04. The Hall–Kier alpha value is -1.32. The fraction of sp³-hybridized carbons (Fsp3) is 0.636. The standard InChI is InChI=1S/C11H16O4/c1-9(12)14-7-11(5-3-4-6-11)8-15-10(2)13/h3-4H,5-8H2,1-2H3. The van der Waals surface area contributed by atoms with Crippen LogP contribution in [0.15, 0.2) is 12.2 Å². The molecule has 0 aromatic heterocycles. The maximum atomic E-state index is 10.7. The number of carbonyl (C=O) groups is 2. The van der Waals surface area contributed by atoms with Gasteiger partial charge < -0.3 is 9.47 Å². The second-order valence-electron chi connectivity index (χ2n) is 3.94. The number of ether oxygens (including phenoxy) is 2. The second kappa shape index (κ2) is 4.96. The number of allylic oxidation sites excluding steroid dienone is 2. The zero-order valence-electron chi connectivity index (χ0n) is 9.12. The number of rotatable bonds is 4. The topological polar surface area (TPSA) is 52.6 Å². The Morgan fingerprint density at radius 1 is 1.07 bits per heavy atom. The SMILES string of the molecule is CC(=O)OCC1(COC(C)=O)CC=CC1. The molecule has 0 radical (unpaired) electrons. The van der Waals surface area contributed by atoms with Gasteiger partial charge in [-0.25, -0.2) is 0 Å². The van der Waals surface area contributed by atoms with Crippen molar-refractivity contribution in [2.45, 2.75) is 26.7 Å². The van der Waals surface area contributed by atoms with E-state index in [1.165, 1.54) is 13.8 Å². The molecule has 0 aromatic carbocycles. The van der Waals surface area contributed by atoms with Gasteiger partial charge in [0.2, 0.25) is 0 Å². The van der Waals surface area contributed by atoms with Crippen molar-refractivity contribution in [1.29, 1.82) is 0 Å². The van der Waals surface area contributed by atoms with Gasteiger partial charge in [-0.15, -0.1) is 0 Å². The van der Waals surface area contributed by atoms with Gasteiger partial charge in [0.1, 0.15) is 13.2 Å². The normalized spacial score (nSPS) is 17.5. The fourth-order valence-electron chi connectivity index (χ4n) is 1.54. The summed E-state index contributed by atoms with van der Waals surface area (Å²) >= 11 is 0. The zero-order chi connectivity index (χ0) is 11.3. The van der Waals surface area contributed by atoms with Crippen molar-refractivity contribution in [3.05, 3.63) is 12.2 Å². The van der Waals surface area contributed by atoms with Crippen LogP contribution >= 0.6 is 0 Å². The molecule has 0 amide bonds. The van der Waals surface area contributed by atoms with E-state index in [1.54, 1.807) is 0 Å². The van der Waals surface area contributed by atoms with E-state index in [-0.39, 0.29) is 17.4 Å². The molecular weight excluding hydrogens is 196 g/mol. The fourth-order valence-corrected chi connectivity index (χ4v) is 1.54. The van der Waals surface area contributed by atoms with Crippen molar-refractivity contribution in [3.63, 3.8) is 0 Å². The lowest BCUT2D eigenvalue weighted by Gasteiger charge is -2.27. The first-order valence-corrected chi connectivity index (χ1v) is 4.96. The van der Waals surface area contributed by atoms with E-state index < -0.39 is 0 Å². The van der Waals surface area contributed by atoms with E-state index in [2.05, 4.69) is 0 Å². The number of hydrogen-bond acceptors (Lipinski definition) is 4. The van der Waals surface area contributed by atoms with Crippen LogP contribution in [0, 0.1) is 5.41 Å². The lowest BCUT2D eigenvalue weighted by atomic mass is 9.87. The Morgan fingerprint density at radius 2 is 1.47 bits per heavy atom. The third kappa shape index (κ3) is 3.73. The predicted octanol–water partition coefficient (Wildman–Crippen LogP) is 1.45. The molecule has 0 N–H and O–H groups in total. The smallest absolute Gasteiger partial charge is 0.302 e. The average Bonchev–Trinajstić information content (AvgIpc) is 2.61. The van der Waals surface area contributed by atoms with Crippen LogP contribution in [0.1, 0.15) is 26.7 Å². The van der Waals surface area contributed by atoms with Crippen molar-refractivity contribution in [1.82, 2.24) is 0 Å². The van der Waals surface area contributed by atoms with Gasteiger partial charge in [0.05, 0.1) is 0 Å². The first-order valence-electron chi connectivity index (χ1n) is 4.96. The van der Waals surface area contributed by atoms with Gasteiger partial charge in [-0.1, -0.05) is 12.2 Å². The molecular formula is C11H16O4. The quantitative estimate of drug-likeness (QED) is 0.522. The summed E-state index contributed by atoms with van der Waals surface area (Å²) in [6.07, 6.45) is 5.61. The van der Waals surface area contributed by atoms with Crippen LogP contribution in [0.3, 0.4) is 0 Å². The van der Waals surface area contributed by atoms with Gasteiger partial charge in [0.25, 0.3) is 0 Å². The Labute approximate surface area is 89.2 Å². The summed E-state index contributed by atoms with van der Waals surface area (Å²) in [4.78, 5) is 21.5. The molecule has 1 aliphatic rings. The molecule has 0 atom stereocenters. The van der Waals surface area contributed by atoms with Gasteiger partial charge in [-0.3, -0.25) is 9.59 Å². The molecule has 0 spiro atoms. The molecule has 0 saturated carbocycles. The van der Waals surface area contributed by atoms with E-state index in [0.717, 1.165) is 12.8 Å². The number of hydrogen-bond donors (Lipinski definition) is 0. The van der Waals surface area contributed by atoms with Gasteiger partial charge in [-0.05, 0) is 12.8 Å². The minimum absolute atomic E-state index is 0.239. The maximum Gasteiger partial charge on any atom is 0.302 e. The molecule has 4 nitrogen and oxygen atoms in total. The maximum absolute atomic E-state index is 10.7. The Bertz CT molecular complexity index is 252. The molecule has 15 heavy (non-hydrogen) atoms. The largest absolute Gasteiger partial charge is 0.465 e. The second-order valence-corrected chi connectivity index (χ2v) is 3.94.